The number of benzene rings is 1. The summed E-state index contributed by atoms with van der Waals surface area (Å²) >= 11 is 1.56. The van der Waals surface area contributed by atoms with Crippen LogP contribution in [-0.2, 0) is 11.3 Å². The Kier molecular flexibility index (Phi) is 4.27. The van der Waals surface area contributed by atoms with E-state index in [1.165, 1.54) is 0 Å². The molecule has 0 radical (unpaired) electrons. The largest absolute Gasteiger partial charge is 0.340 e. The lowest BCUT2D eigenvalue weighted by atomic mass is 10.2. The van der Waals surface area contributed by atoms with Crippen LogP contribution in [0.1, 0.15) is 12.1 Å². The summed E-state index contributed by atoms with van der Waals surface area (Å²) < 4.78 is 2.02. The van der Waals surface area contributed by atoms with Gasteiger partial charge < -0.3 is 14.8 Å². The molecular formula is C18H21N5OS. The number of amides is 1. The topological polar surface area (TPSA) is 63.1 Å². The number of nitrogens with one attached hydrogen (secondary N) is 1. The highest BCUT2D eigenvalue weighted by molar-refractivity contribution is 7.13. The number of hydrogen-bond donors (Lipinski definition) is 1. The first-order valence-corrected chi connectivity index (χ1v) is 9.35. The number of carbonyl (C=O) groups excluding carboxylic acids is 1. The van der Waals surface area contributed by atoms with Gasteiger partial charge in [0.2, 0.25) is 5.91 Å². The molecule has 0 spiro atoms. The molecule has 1 aromatic carbocycles. The molecule has 6 nitrogen and oxygen atoms in total. The zero-order chi connectivity index (χ0) is 17.4. The van der Waals surface area contributed by atoms with Crippen LogP contribution in [0.4, 0.5) is 0 Å². The molecule has 3 aromatic rings. The number of fused-ring (bicyclic) bond motifs is 1. The number of aromatic nitrogens is 3. The second-order valence-corrected chi connectivity index (χ2v) is 7.28. The van der Waals surface area contributed by atoms with Crippen LogP contribution in [0.25, 0.3) is 21.7 Å². The summed E-state index contributed by atoms with van der Waals surface area (Å²) in [7, 11) is 1.90. The second kappa shape index (κ2) is 6.57. The number of rotatable bonds is 4. The van der Waals surface area contributed by atoms with Crippen molar-refractivity contribution in [3.05, 3.63) is 35.5 Å². The number of nitrogens with zero attached hydrogens (tertiary/aromatic N) is 4. The molecule has 4 rings (SSSR count). The Labute approximate surface area is 150 Å². The first-order valence-electron chi connectivity index (χ1n) is 8.47. The zero-order valence-electron chi connectivity index (χ0n) is 14.4. The molecule has 1 atom stereocenters. The molecule has 1 unspecified atom stereocenters. The van der Waals surface area contributed by atoms with E-state index < -0.39 is 0 Å². The smallest absolute Gasteiger partial charge is 0.242 e. The van der Waals surface area contributed by atoms with Crippen molar-refractivity contribution in [3.63, 3.8) is 0 Å². The monoisotopic (exact) mass is 355 g/mol. The molecule has 0 saturated carbocycles. The third kappa shape index (κ3) is 2.94. The van der Waals surface area contributed by atoms with Crippen LogP contribution in [0, 0.1) is 6.92 Å². The van der Waals surface area contributed by atoms with E-state index in [1.54, 1.807) is 11.3 Å². The molecule has 1 saturated heterocycles. The van der Waals surface area contributed by atoms with E-state index in [4.69, 9.17) is 4.98 Å². The Morgan fingerprint density at radius 1 is 1.44 bits per heavy atom. The van der Waals surface area contributed by atoms with Gasteiger partial charge in [0.1, 0.15) is 6.54 Å². The highest BCUT2D eigenvalue weighted by Gasteiger charge is 2.25. The Balaban J connectivity index is 1.72. The molecule has 3 heterocycles. The van der Waals surface area contributed by atoms with Crippen LogP contribution in [-0.4, -0.2) is 51.5 Å². The molecule has 2 aromatic heterocycles. The summed E-state index contributed by atoms with van der Waals surface area (Å²) in [6, 6.07) is 8.24. The lowest BCUT2D eigenvalue weighted by Gasteiger charge is -2.24. The fourth-order valence-electron chi connectivity index (χ4n) is 3.35. The van der Waals surface area contributed by atoms with Crippen LogP contribution < -0.4 is 5.32 Å². The van der Waals surface area contributed by atoms with Crippen LogP contribution in [0.3, 0.4) is 0 Å². The van der Waals surface area contributed by atoms with Gasteiger partial charge in [0.15, 0.2) is 5.82 Å². The lowest BCUT2D eigenvalue weighted by Crippen LogP contribution is -2.40. The average molecular weight is 355 g/mol. The molecule has 1 aliphatic heterocycles. The van der Waals surface area contributed by atoms with E-state index in [-0.39, 0.29) is 11.9 Å². The predicted octanol–water partition coefficient (Wildman–Crippen LogP) is 2.29. The Bertz CT molecular complexity index is 909. The number of carbonyl (C=O) groups is 1. The van der Waals surface area contributed by atoms with Gasteiger partial charge in [-0.05, 0) is 32.0 Å². The summed E-state index contributed by atoms with van der Waals surface area (Å²) in [5.74, 6) is 0.938. The van der Waals surface area contributed by atoms with Crippen LogP contribution in [0.5, 0.6) is 0 Å². The molecule has 0 bridgehead atoms. The van der Waals surface area contributed by atoms with Gasteiger partial charge >= 0.3 is 0 Å². The third-order valence-corrected chi connectivity index (χ3v) is 5.80. The SMILES string of the molecule is Cc1ncsc1-c1nc2ccccc2n1CC(=O)N(C)C1CCNC1. The third-order valence-electron chi connectivity index (χ3n) is 4.87. The van der Waals surface area contributed by atoms with Gasteiger partial charge in [-0.1, -0.05) is 12.1 Å². The van der Waals surface area contributed by atoms with E-state index >= 15 is 0 Å². The maximum absolute atomic E-state index is 12.9. The standard InChI is InChI=1S/C18H21N5OS/c1-12-17(25-11-20-12)18-21-14-5-3-4-6-15(14)23(18)10-16(24)22(2)13-7-8-19-9-13/h3-6,11,13,19H,7-10H2,1-2H3. The Hall–Kier alpha value is -2.25. The van der Waals surface area contributed by atoms with Crippen molar-refractivity contribution in [3.8, 4) is 10.7 Å². The second-order valence-electron chi connectivity index (χ2n) is 6.43. The number of thiazole rings is 1. The number of likely N-dealkylation sites (N-methyl/N-ethyl adjacent to an activating group) is 1. The van der Waals surface area contributed by atoms with Crippen molar-refractivity contribution in [2.45, 2.75) is 25.9 Å². The molecule has 1 amide bonds. The maximum Gasteiger partial charge on any atom is 0.242 e. The maximum atomic E-state index is 12.9. The summed E-state index contributed by atoms with van der Waals surface area (Å²) in [6.07, 6.45) is 1.01. The molecule has 1 fully saturated rings. The van der Waals surface area contributed by atoms with Crippen molar-refractivity contribution < 1.29 is 4.79 Å². The number of aryl methyl sites for hydroxylation is 1. The van der Waals surface area contributed by atoms with E-state index in [2.05, 4.69) is 10.3 Å². The number of imidazole rings is 1. The van der Waals surface area contributed by atoms with Crippen molar-refractivity contribution in [2.24, 2.45) is 0 Å². The predicted molar refractivity (Wildman–Crippen MR) is 99.6 cm³/mol. The van der Waals surface area contributed by atoms with Gasteiger partial charge in [-0.15, -0.1) is 11.3 Å². The van der Waals surface area contributed by atoms with E-state index in [0.29, 0.717) is 6.54 Å². The van der Waals surface area contributed by atoms with Crippen molar-refractivity contribution in [2.75, 3.05) is 20.1 Å². The highest BCUT2D eigenvalue weighted by Crippen LogP contribution is 2.30. The van der Waals surface area contributed by atoms with E-state index in [1.807, 2.05) is 53.2 Å². The molecule has 1 aliphatic rings. The van der Waals surface area contributed by atoms with Crippen molar-refractivity contribution >= 4 is 28.3 Å². The van der Waals surface area contributed by atoms with E-state index in [9.17, 15) is 4.79 Å². The Morgan fingerprint density at radius 2 is 2.28 bits per heavy atom. The van der Waals surface area contributed by atoms with Crippen LogP contribution in [0.15, 0.2) is 29.8 Å². The summed E-state index contributed by atoms with van der Waals surface area (Å²) in [6.45, 7) is 4.11. The van der Waals surface area contributed by atoms with Gasteiger partial charge in [-0.25, -0.2) is 9.97 Å². The van der Waals surface area contributed by atoms with Gasteiger partial charge in [0.25, 0.3) is 0 Å². The summed E-state index contributed by atoms with van der Waals surface area (Å²) in [4.78, 5) is 24.9. The highest BCUT2D eigenvalue weighted by atomic mass is 32.1. The molecule has 1 N–H and O–H groups in total. The van der Waals surface area contributed by atoms with Crippen LogP contribution >= 0.6 is 11.3 Å². The Morgan fingerprint density at radius 3 is 3.00 bits per heavy atom. The average Bonchev–Trinajstić information content (AvgIpc) is 3.34. The van der Waals surface area contributed by atoms with Gasteiger partial charge in [0.05, 0.1) is 27.1 Å². The summed E-state index contributed by atoms with van der Waals surface area (Å²) in [5.41, 5.74) is 4.66. The van der Waals surface area contributed by atoms with Crippen molar-refractivity contribution in [1.82, 2.24) is 24.8 Å². The first kappa shape index (κ1) is 16.2. The molecule has 130 valence electrons. The molecule has 0 aliphatic carbocycles. The molecular weight excluding hydrogens is 334 g/mol. The number of hydrogen-bond acceptors (Lipinski definition) is 5. The van der Waals surface area contributed by atoms with Crippen molar-refractivity contribution in [1.29, 1.82) is 0 Å². The lowest BCUT2D eigenvalue weighted by molar-refractivity contribution is -0.132. The fourth-order valence-corrected chi connectivity index (χ4v) is 4.15. The van der Waals surface area contributed by atoms with Gasteiger partial charge in [0, 0.05) is 19.6 Å². The minimum absolute atomic E-state index is 0.111. The fraction of sp³-hybridized carbons (Fsp3) is 0.389. The minimum Gasteiger partial charge on any atom is -0.340 e. The normalized spacial score (nSPS) is 17.3. The summed E-state index contributed by atoms with van der Waals surface area (Å²) in [5, 5.41) is 3.32. The minimum atomic E-state index is 0.111. The quantitative estimate of drug-likeness (QED) is 0.780. The van der Waals surface area contributed by atoms with Gasteiger partial charge in [-0.2, -0.15) is 0 Å². The van der Waals surface area contributed by atoms with E-state index in [0.717, 1.165) is 46.9 Å². The number of para-hydroxylation sites is 2. The molecule has 25 heavy (non-hydrogen) atoms. The van der Waals surface area contributed by atoms with Crippen LogP contribution in [0.2, 0.25) is 0 Å². The first-order chi connectivity index (χ1) is 12.1. The zero-order valence-corrected chi connectivity index (χ0v) is 15.2. The molecule has 7 heteroatoms. The van der Waals surface area contributed by atoms with Gasteiger partial charge in [-0.3, -0.25) is 4.79 Å².